The smallest absolute Gasteiger partial charge is 0.196 e. The van der Waals surface area contributed by atoms with Crippen LogP contribution >= 0.6 is 15.9 Å². The van der Waals surface area contributed by atoms with Crippen molar-refractivity contribution in [1.29, 1.82) is 0 Å². The molecule has 0 atom stereocenters. The van der Waals surface area contributed by atoms with Gasteiger partial charge in [0.05, 0.1) is 11.8 Å². The molecule has 1 aromatic heterocycles. The molecule has 0 amide bonds. The van der Waals surface area contributed by atoms with Gasteiger partial charge in [-0.3, -0.25) is 0 Å². The van der Waals surface area contributed by atoms with Gasteiger partial charge in [0.15, 0.2) is 11.7 Å². The van der Waals surface area contributed by atoms with Crippen molar-refractivity contribution in [3.63, 3.8) is 0 Å². The molecule has 0 bridgehead atoms. The maximum atomic E-state index is 13.7. The summed E-state index contributed by atoms with van der Waals surface area (Å²) in [5, 5.41) is 3.19. The van der Waals surface area contributed by atoms with Crippen LogP contribution in [0.5, 0.6) is 0 Å². The number of hydrogen-bond acceptors (Lipinski definition) is 3. The van der Waals surface area contributed by atoms with Gasteiger partial charge in [0.25, 0.3) is 0 Å². The molecule has 2 rings (SSSR count). The number of rotatable bonds is 5. The van der Waals surface area contributed by atoms with Gasteiger partial charge in [-0.25, -0.2) is 9.37 Å². The predicted molar refractivity (Wildman–Crippen MR) is 71.8 cm³/mol. The molecule has 5 heteroatoms. The van der Waals surface area contributed by atoms with Crippen LogP contribution in [0.2, 0.25) is 0 Å². The monoisotopic (exact) mass is 312 g/mol. The molecule has 0 aliphatic heterocycles. The van der Waals surface area contributed by atoms with E-state index in [9.17, 15) is 4.39 Å². The Hall–Kier alpha value is -1.20. The van der Waals surface area contributed by atoms with Gasteiger partial charge in [0.2, 0.25) is 0 Å². The van der Waals surface area contributed by atoms with Crippen LogP contribution in [0, 0.1) is 5.82 Å². The first-order valence-electron chi connectivity index (χ1n) is 5.82. The molecule has 0 radical (unpaired) electrons. The number of aromatic nitrogens is 1. The normalized spacial score (nSPS) is 10.8. The minimum absolute atomic E-state index is 0.321. The molecule has 0 aliphatic rings. The van der Waals surface area contributed by atoms with Crippen LogP contribution in [0.15, 0.2) is 33.3 Å². The summed E-state index contributed by atoms with van der Waals surface area (Å²) in [6, 6.07) is 4.82. The molecular formula is C13H14BrFN2O. The Morgan fingerprint density at radius 2 is 2.28 bits per heavy atom. The van der Waals surface area contributed by atoms with E-state index in [-0.39, 0.29) is 5.82 Å². The molecule has 0 unspecified atom stereocenters. The molecule has 0 saturated heterocycles. The number of likely N-dealkylation sites (N-methyl/N-ethyl adjacent to an activating group) is 1. The van der Waals surface area contributed by atoms with Gasteiger partial charge in [-0.05, 0) is 34.6 Å². The fourth-order valence-electron chi connectivity index (χ4n) is 1.65. The fourth-order valence-corrected chi connectivity index (χ4v) is 2.18. The number of halogens is 2. The van der Waals surface area contributed by atoms with Gasteiger partial charge in [-0.15, -0.1) is 0 Å². The summed E-state index contributed by atoms with van der Waals surface area (Å²) < 4.78 is 19.9. The van der Waals surface area contributed by atoms with Crippen LogP contribution in [0.3, 0.4) is 0 Å². The highest BCUT2D eigenvalue weighted by Gasteiger charge is 2.13. The van der Waals surface area contributed by atoms with E-state index in [0.29, 0.717) is 28.1 Å². The van der Waals surface area contributed by atoms with Crippen LogP contribution in [0.1, 0.15) is 12.8 Å². The van der Waals surface area contributed by atoms with E-state index in [1.165, 1.54) is 6.07 Å². The summed E-state index contributed by atoms with van der Waals surface area (Å²) in [5.41, 5.74) is 0.416. The Balaban J connectivity index is 2.19. The van der Waals surface area contributed by atoms with E-state index in [4.69, 9.17) is 4.42 Å². The summed E-state index contributed by atoms with van der Waals surface area (Å²) in [5.74, 6) is 0.742. The zero-order chi connectivity index (χ0) is 13.0. The maximum Gasteiger partial charge on any atom is 0.196 e. The molecule has 1 N–H and O–H groups in total. The Bertz CT molecular complexity index is 507. The van der Waals surface area contributed by atoms with E-state index < -0.39 is 0 Å². The summed E-state index contributed by atoms with van der Waals surface area (Å²) in [7, 11) is 0. The third kappa shape index (κ3) is 2.97. The van der Waals surface area contributed by atoms with Crippen LogP contribution in [0.25, 0.3) is 11.3 Å². The number of nitrogens with zero attached hydrogens (tertiary/aromatic N) is 1. The minimum atomic E-state index is -0.321. The van der Waals surface area contributed by atoms with E-state index in [0.717, 1.165) is 13.1 Å². The average molecular weight is 313 g/mol. The molecule has 1 aromatic carbocycles. The Kier molecular flexibility index (Phi) is 4.49. The van der Waals surface area contributed by atoms with Crippen molar-refractivity contribution in [2.24, 2.45) is 0 Å². The molecular weight excluding hydrogens is 299 g/mol. The minimum Gasteiger partial charge on any atom is -0.441 e. The van der Waals surface area contributed by atoms with Crippen molar-refractivity contribution in [2.75, 3.05) is 13.1 Å². The second kappa shape index (κ2) is 6.11. The first-order valence-corrected chi connectivity index (χ1v) is 6.61. The number of nitrogens with one attached hydrogen (secondary N) is 1. The lowest BCUT2D eigenvalue weighted by atomic mass is 10.2. The topological polar surface area (TPSA) is 38.1 Å². The van der Waals surface area contributed by atoms with Crippen LogP contribution in [-0.4, -0.2) is 18.1 Å². The van der Waals surface area contributed by atoms with E-state index in [2.05, 4.69) is 26.2 Å². The van der Waals surface area contributed by atoms with Crippen molar-refractivity contribution < 1.29 is 8.81 Å². The zero-order valence-electron chi connectivity index (χ0n) is 10.0. The molecule has 2 aromatic rings. The summed E-state index contributed by atoms with van der Waals surface area (Å²) in [4.78, 5) is 4.15. The summed E-state index contributed by atoms with van der Waals surface area (Å²) in [6.45, 7) is 3.75. The predicted octanol–water partition coefficient (Wildman–Crippen LogP) is 3.40. The zero-order valence-corrected chi connectivity index (χ0v) is 11.6. The van der Waals surface area contributed by atoms with Crippen molar-refractivity contribution >= 4 is 15.9 Å². The van der Waals surface area contributed by atoms with Crippen molar-refractivity contribution in [2.45, 2.75) is 13.3 Å². The van der Waals surface area contributed by atoms with Gasteiger partial charge >= 0.3 is 0 Å². The van der Waals surface area contributed by atoms with Gasteiger partial charge in [0.1, 0.15) is 5.82 Å². The van der Waals surface area contributed by atoms with Gasteiger partial charge in [0, 0.05) is 17.4 Å². The second-order valence-corrected chi connectivity index (χ2v) is 4.67. The van der Waals surface area contributed by atoms with Gasteiger partial charge in [-0.1, -0.05) is 13.0 Å². The molecule has 0 fully saturated rings. The highest BCUT2D eigenvalue weighted by atomic mass is 79.9. The van der Waals surface area contributed by atoms with Crippen LogP contribution in [-0.2, 0) is 6.42 Å². The van der Waals surface area contributed by atoms with Crippen LogP contribution in [0.4, 0.5) is 4.39 Å². The third-order valence-corrected chi connectivity index (χ3v) is 3.19. The lowest BCUT2D eigenvalue weighted by Gasteiger charge is -2.01. The van der Waals surface area contributed by atoms with Crippen molar-refractivity contribution in [3.05, 3.63) is 40.6 Å². The molecule has 96 valence electrons. The SMILES string of the molecule is CCNCCc1ncc(-c2c(F)cccc2Br)o1. The number of oxazole rings is 1. The lowest BCUT2D eigenvalue weighted by molar-refractivity contribution is 0.493. The van der Waals surface area contributed by atoms with Crippen molar-refractivity contribution in [1.82, 2.24) is 10.3 Å². The molecule has 0 saturated carbocycles. The third-order valence-electron chi connectivity index (χ3n) is 2.53. The van der Waals surface area contributed by atoms with E-state index in [1.54, 1.807) is 18.3 Å². The standard InChI is InChI=1S/C13H14BrFN2O/c1-2-16-7-6-12-17-8-11(18-12)13-9(14)4-3-5-10(13)15/h3-5,8,16H,2,6-7H2,1H3. The Morgan fingerprint density at radius 3 is 3.00 bits per heavy atom. The van der Waals surface area contributed by atoms with E-state index >= 15 is 0 Å². The second-order valence-electron chi connectivity index (χ2n) is 3.82. The highest BCUT2D eigenvalue weighted by Crippen LogP contribution is 2.31. The quantitative estimate of drug-likeness (QED) is 0.860. The largest absolute Gasteiger partial charge is 0.441 e. The molecule has 3 nitrogen and oxygen atoms in total. The van der Waals surface area contributed by atoms with Crippen LogP contribution < -0.4 is 5.32 Å². The average Bonchev–Trinajstić information content (AvgIpc) is 2.78. The summed E-state index contributed by atoms with van der Waals surface area (Å²) in [6.07, 6.45) is 2.25. The molecule has 18 heavy (non-hydrogen) atoms. The number of hydrogen-bond donors (Lipinski definition) is 1. The molecule has 0 spiro atoms. The summed E-state index contributed by atoms with van der Waals surface area (Å²) >= 11 is 3.32. The van der Waals surface area contributed by atoms with Gasteiger partial charge < -0.3 is 9.73 Å². The highest BCUT2D eigenvalue weighted by molar-refractivity contribution is 9.10. The fraction of sp³-hybridized carbons (Fsp3) is 0.308. The first-order chi connectivity index (χ1) is 8.72. The first kappa shape index (κ1) is 13.2. The lowest BCUT2D eigenvalue weighted by Crippen LogP contribution is -2.16. The van der Waals surface area contributed by atoms with Crippen molar-refractivity contribution in [3.8, 4) is 11.3 Å². The molecule has 1 heterocycles. The maximum absolute atomic E-state index is 13.7. The van der Waals surface area contributed by atoms with Gasteiger partial charge in [-0.2, -0.15) is 0 Å². The Morgan fingerprint density at radius 1 is 1.44 bits per heavy atom. The molecule has 0 aliphatic carbocycles. The number of benzene rings is 1. The Labute approximate surface area is 114 Å². The van der Waals surface area contributed by atoms with E-state index in [1.807, 2.05) is 6.92 Å².